The maximum atomic E-state index is 13.7. The molecule has 0 amide bonds. The highest BCUT2D eigenvalue weighted by atomic mass is 127. The van der Waals surface area contributed by atoms with Crippen LogP contribution >= 0.6 is 33.9 Å². The SMILES string of the molecule is Fc1ccc(Nc2ncnc3nc(NCCN4CCOCC4)sc23)cc1CI. The molecule has 0 aliphatic carbocycles. The van der Waals surface area contributed by atoms with Crippen LogP contribution in [0.15, 0.2) is 24.5 Å². The predicted octanol–water partition coefficient (Wildman–Crippen LogP) is 3.65. The number of benzene rings is 1. The smallest absolute Gasteiger partial charge is 0.185 e. The molecule has 0 bridgehead atoms. The van der Waals surface area contributed by atoms with Crippen molar-refractivity contribution in [1.29, 1.82) is 0 Å². The van der Waals surface area contributed by atoms with Gasteiger partial charge in [-0.05, 0) is 23.8 Å². The first kappa shape index (κ1) is 19.7. The van der Waals surface area contributed by atoms with Gasteiger partial charge >= 0.3 is 0 Å². The van der Waals surface area contributed by atoms with Gasteiger partial charge in [-0.3, -0.25) is 4.90 Å². The Bertz CT molecular complexity index is 949. The fourth-order valence-electron chi connectivity index (χ4n) is 2.96. The summed E-state index contributed by atoms with van der Waals surface area (Å²) in [6.45, 7) is 5.30. The fourth-order valence-corrected chi connectivity index (χ4v) is 4.43. The number of morpholine rings is 1. The second-order valence-electron chi connectivity index (χ2n) is 6.34. The Balaban J connectivity index is 1.46. The number of nitrogens with zero attached hydrogens (tertiary/aromatic N) is 4. The number of halogens is 2. The van der Waals surface area contributed by atoms with E-state index in [0.717, 1.165) is 54.9 Å². The molecule has 1 saturated heterocycles. The van der Waals surface area contributed by atoms with Crippen LogP contribution in [0.1, 0.15) is 5.56 Å². The van der Waals surface area contributed by atoms with E-state index in [9.17, 15) is 4.39 Å². The molecule has 10 heteroatoms. The quantitative estimate of drug-likeness (QED) is 0.369. The van der Waals surface area contributed by atoms with E-state index in [4.69, 9.17) is 4.74 Å². The largest absolute Gasteiger partial charge is 0.379 e. The summed E-state index contributed by atoms with van der Waals surface area (Å²) in [4.78, 5) is 15.5. The standard InChI is InChI=1S/C18H20FIN6OS/c19-14-2-1-13(9-12(14)10-20)24-16-15-17(23-11-22-16)25-18(28-15)21-3-4-26-5-7-27-8-6-26/h1-2,9,11H,3-8,10H2,(H2,21,22,23,24,25). The first-order valence-corrected chi connectivity index (χ1v) is 11.3. The van der Waals surface area contributed by atoms with E-state index < -0.39 is 0 Å². The highest BCUT2D eigenvalue weighted by molar-refractivity contribution is 14.1. The number of hydrogen-bond acceptors (Lipinski definition) is 8. The molecule has 0 unspecified atom stereocenters. The van der Waals surface area contributed by atoms with Gasteiger partial charge in [-0.25, -0.2) is 14.4 Å². The van der Waals surface area contributed by atoms with Crippen LogP contribution in [0.5, 0.6) is 0 Å². The molecular formula is C18H20FIN6OS. The summed E-state index contributed by atoms with van der Waals surface area (Å²) in [6, 6.07) is 4.99. The molecule has 4 rings (SSSR count). The molecule has 2 N–H and O–H groups in total. The average molecular weight is 514 g/mol. The molecule has 0 saturated carbocycles. The zero-order chi connectivity index (χ0) is 19.3. The average Bonchev–Trinajstić information content (AvgIpc) is 3.14. The lowest BCUT2D eigenvalue weighted by Crippen LogP contribution is -2.38. The van der Waals surface area contributed by atoms with E-state index >= 15 is 0 Å². The van der Waals surface area contributed by atoms with Crippen molar-refractivity contribution in [3.63, 3.8) is 0 Å². The van der Waals surface area contributed by atoms with Gasteiger partial charge in [-0.15, -0.1) is 0 Å². The van der Waals surface area contributed by atoms with Gasteiger partial charge in [0.25, 0.3) is 0 Å². The van der Waals surface area contributed by atoms with Gasteiger partial charge in [0.05, 0.1) is 13.2 Å². The number of fused-ring (bicyclic) bond motifs is 1. The number of thiazole rings is 1. The van der Waals surface area contributed by atoms with Crippen LogP contribution in [0, 0.1) is 5.82 Å². The normalized spacial score (nSPS) is 15.1. The second-order valence-corrected chi connectivity index (χ2v) is 8.10. The number of alkyl halides is 1. The Labute approximate surface area is 179 Å². The summed E-state index contributed by atoms with van der Waals surface area (Å²) in [5.74, 6) is 0.479. The molecule has 1 aliphatic heterocycles. The van der Waals surface area contributed by atoms with E-state index in [2.05, 4.69) is 53.1 Å². The van der Waals surface area contributed by atoms with Crippen molar-refractivity contribution in [2.24, 2.45) is 0 Å². The predicted molar refractivity (Wildman–Crippen MR) is 118 cm³/mol. The molecular weight excluding hydrogens is 494 g/mol. The maximum Gasteiger partial charge on any atom is 0.185 e. The summed E-state index contributed by atoms with van der Waals surface area (Å²) in [5.41, 5.74) is 2.10. The van der Waals surface area contributed by atoms with Crippen LogP contribution in [0.3, 0.4) is 0 Å². The topological polar surface area (TPSA) is 75.2 Å². The second kappa shape index (κ2) is 9.25. The molecule has 148 valence electrons. The van der Waals surface area contributed by atoms with Crippen molar-refractivity contribution in [2.45, 2.75) is 4.43 Å². The van der Waals surface area contributed by atoms with Gasteiger partial charge in [-0.2, -0.15) is 4.98 Å². The first-order chi connectivity index (χ1) is 13.7. The lowest BCUT2D eigenvalue weighted by molar-refractivity contribution is 0.0398. The fraction of sp³-hybridized carbons (Fsp3) is 0.389. The van der Waals surface area contributed by atoms with Crippen LogP contribution in [0.25, 0.3) is 10.3 Å². The molecule has 7 nitrogen and oxygen atoms in total. The van der Waals surface area contributed by atoms with E-state index in [1.54, 1.807) is 12.1 Å². The summed E-state index contributed by atoms with van der Waals surface area (Å²) in [7, 11) is 0. The van der Waals surface area contributed by atoms with Crippen molar-refractivity contribution >= 4 is 60.9 Å². The molecule has 1 aromatic carbocycles. The summed E-state index contributed by atoms with van der Waals surface area (Å²) < 4.78 is 20.6. The van der Waals surface area contributed by atoms with Crippen LogP contribution in [0.4, 0.5) is 21.0 Å². The van der Waals surface area contributed by atoms with E-state index in [0.29, 0.717) is 21.5 Å². The number of ether oxygens (including phenoxy) is 1. The molecule has 1 aliphatic rings. The lowest BCUT2D eigenvalue weighted by Gasteiger charge is -2.26. The Hall–Kier alpha value is -1.63. The van der Waals surface area contributed by atoms with Crippen molar-refractivity contribution in [1.82, 2.24) is 19.9 Å². The third-order valence-electron chi connectivity index (χ3n) is 4.45. The van der Waals surface area contributed by atoms with Gasteiger partial charge in [0, 0.05) is 36.3 Å². The molecule has 0 spiro atoms. The third kappa shape index (κ3) is 4.67. The van der Waals surface area contributed by atoms with Crippen LogP contribution in [-0.2, 0) is 9.16 Å². The Morgan fingerprint density at radius 2 is 2.11 bits per heavy atom. The number of hydrogen-bond donors (Lipinski definition) is 2. The minimum Gasteiger partial charge on any atom is -0.379 e. The molecule has 1 fully saturated rings. The van der Waals surface area contributed by atoms with Crippen molar-refractivity contribution in [3.05, 3.63) is 35.9 Å². The minimum absolute atomic E-state index is 0.197. The number of rotatable bonds is 7. The molecule has 2 aromatic heterocycles. The third-order valence-corrected chi connectivity index (χ3v) is 6.28. The van der Waals surface area contributed by atoms with E-state index in [1.807, 2.05) is 0 Å². The van der Waals surface area contributed by atoms with Gasteiger partial charge in [-0.1, -0.05) is 33.9 Å². The maximum absolute atomic E-state index is 13.7. The summed E-state index contributed by atoms with van der Waals surface area (Å²) in [5, 5.41) is 7.46. The van der Waals surface area contributed by atoms with Gasteiger partial charge in [0.2, 0.25) is 0 Å². The van der Waals surface area contributed by atoms with Crippen molar-refractivity contribution < 1.29 is 9.13 Å². The molecule has 3 heterocycles. The van der Waals surface area contributed by atoms with Crippen LogP contribution in [0.2, 0.25) is 0 Å². The Morgan fingerprint density at radius 3 is 2.93 bits per heavy atom. The van der Waals surface area contributed by atoms with Crippen molar-refractivity contribution in [2.75, 3.05) is 50.0 Å². The van der Waals surface area contributed by atoms with Crippen molar-refractivity contribution in [3.8, 4) is 0 Å². The first-order valence-electron chi connectivity index (χ1n) is 9.00. The van der Waals surface area contributed by atoms with E-state index in [-0.39, 0.29) is 5.82 Å². The molecule has 3 aromatic rings. The van der Waals surface area contributed by atoms with Gasteiger partial charge in [0.15, 0.2) is 16.6 Å². The Morgan fingerprint density at radius 1 is 1.25 bits per heavy atom. The number of nitrogens with one attached hydrogen (secondary N) is 2. The minimum atomic E-state index is -0.197. The Kier molecular flexibility index (Phi) is 6.50. The van der Waals surface area contributed by atoms with Gasteiger partial charge < -0.3 is 15.4 Å². The molecule has 0 atom stereocenters. The zero-order valence-corrected chi connectivity index (χ0v) is 18.1. The van der Waals surface area contributed by atoms with Crippen LogP contribution < -0.4 is 10.6 Å². The highest BCUT2D eigenvalue weighted by Crippen LogP contribution is 2.31. The van der Waals surface area contributed by atoms with Crippen LogP contribution in [-0.4, -0.2) is 59.2 Å². The monoisotopic (exact) mass is 514 g/mol. The summed E-state index contributed by atoms with van der Waals surface area (Å²) in [6.07, 6.45) is 1.49. The number of anilines is 3. The zero-order valence-electron chi connectivity index (χ0n) is 15.1. The van der Waals surface area contributed by atoms with E-state index in [1.165, 1.54) is 23.7 Å². The number of aromatic nitrogens is 3. The molecule has 28 heavy (non-hydrogen) atoms. The summed E-state index contributed by atoms with van der Waals surface area (Å²) >= 11 is 3.67. The lowest BCUT2D eigenvalue weighted by atomic mass is 10.2. The molecule has 0 radical (unpaired) electrons. The van der Waals surface area contributed by atoms with Gasteiger partial charge in [0.1, 0.15) is 16.8 Å². The highest BCUT2D eigenvalue weighted by Gasteiger charge is 2.13.